The third kappa shape index (κ3) is 3.20. The number of ether oxygens (including phenoxy) is 1. The van der Waals surface area contributed by atoms with Crippen molar-refractivity contribution in [2.75, 3.05) is 13.2 Å². The average molecular weight is 253 g/mol. The van der Waals surface area contributed by atoms with Crippen LogP contribution in [0.1, 0.15) is 19.3 Å². The van der Waals surface area contributed by atoms with Crippen LogP contribution < -0.4 is 5.32 Å². The standard InChI is InChI=1S/C13H19NO4/c1-3-5-10(6-4-2)11(15)14-13(12(16)17)7-8-18-9-13/h3-4,10H,1-2,5-9H2,(H,14,15)(H,16,17). The molecule has 100 valence electrons. The quantitative estimate of drug-likeness (QED) is 0.666. The molecule has 0 aromatic carbocycles. The Kier molecular flexibility index (Phi) is 5.09. The maximum absolute atomic E-state index is 12.1. The minimum Gasteiger partial charge on any atom is -0.479 e. The predicted octanol–water partition coefficient (Wildman–Crippen LogP) is 1.11. The van der Waals surface area contributed by atoms with E-state index < -0.39 is 11.5 Å². The second-order valence-corrected chi connectivity index (χ2v) is 4.42. The lowest BCUT2D eigenvalue weighted by Crippen LogP contribution is -2.56. The van der Waals surface area contributed by atoms with Gasteiger partial charge in [-0.2, -0.15) is 0 Å². The highest BCUT2D eigenvalue weighted by molar-refractivity contribution is 5.88. The molecule has 1 fully saturated rings. The highest BCUT2D eigenvalue weighted by atomic mass is 16.5. The lowest BCUT2D eigenvalue weighted by atomic mass is 9.95. The molecule has 1 atom stereocenters. The normalized spacial score (nSPS) is 22.7. The summed E-state index contributed by atoms with van der Waals surface area (Å²) < 4.78 is 5.09. The molecule has 0 spiro atoms. The fourth-order valence-corrected chi connectivity index (χ4v) is 1.94. The molecule has 1 unspecified atom stereocenters. The van der Waals surface area contributed by atoms with E-state index in [2.05, 4.69) is 18.5 Å². The zero-order valence-corrected chi connectivity index (χ0v) is 10.4. The second-order valence-electron chi connectivity index (χ2n) is 4.42. The third-order valence-corrected chi connectivity index (χ3v) is 3.07. The fraction of sp³-hybridized carbons (Fsp3) is 0.538. The van der Waals surface area contributed by atoms with E-state index in [0.29, 0.717) is 25.9 Å². The molecule has 2 N–H and O–H groups in total. The van der Waals surface area contributed by atoms with Crippen LogP contribution in [-0.4, -0.2) is 35.7 Å². The summed E-state index contributed by atoms with van der Waals surface area (Å²) in [5.41, 5.74) is -1.28. The summed E-state index contributed by atoms with van der Waals surface area (Å²) in [6, 6.07) is 0. The van der Waals surface area contributed by atoms with Gasteiger partial charge in [0, 0.05) is 18.9 Å². The SMILES string of the molecule is C=CCC(CC=C)C(=O)NC1(C(=O)O)CCOC1. The predicted molar refractivity (Wildman–Crippen MR) is 67.1 cm³/mol. The molecular weight excluding hydrogens is 234 g/mol. The van der Waals surface area contributed by atoms with Gasteiger partial charge in [-0.3, -0.25) is 4.79 Å². The van der Waals surface area contributed by atoms with E-state index in [1.165, 1.54) is 0 Å². The Morgan fingerprint density at radius 3 is 2.39 bits per heavy atom. The van der Waals surface area contributed by atoms with Gasteiger partial charge >= 0.3 is 5.97 Å². The van der Waals surface area contributed by atoms with Crippen molar-refractivity contribution in [3.8, 4) is 0 Å². The van der Waals surface area contributed by atoms with E-state index in [1.807, 2.05) is 0 Å². The molecule has 1 heterocycles. The Labute approximate surface area is 107 Å². The zero-order valence-electron chi connectivity index (χ0n) is 10.4. The van der Waals surface area contributed by atoms with E-state index >= 15 is 0 Å². The van der Waals surface area contributed by atoms with Crippen molar-refractivity contribution in [2.45, 2.75) is 24.8 Å². The van der Waals surface area contributed by atoms with Gasteiger partial charge in [0.05, 0.1) is 6.61 Å². The zero-order chi connectivity index (χ0) is 13.6. The summed E-state index contributed by atoms with van der Waals surface area (Å²) in [5.74, 6) is -1.66. The first kappa shape index (κ1) is 14.4. The maximum atomic E-state index is 12.1. The van der Waals surface area contributed by atoms with Crippen LogP contribution in [0.4, 0.5) is 0 Å². The van der Waals surface area contributed by atoms with Crippen molar-refractivity contribution in [1.82, 2.24) is 5.32 Å². The number of carbonyl (C=O) groups excluding carboxylic acids is 1. The molecule has 0 aliphatic carbocycles. The van der Waals surface area contributed by atoms with Gasteiger partial charge in [-0.15, -0.1) is 13.2 Å². The van der Waals surface area contributed by atoms with Gasteiger partial charge in [-0.05, 0) is 12.8 Å². The third-order valence-electron chi connectivity index (χ3n) is 3.07. The molecule has 1 rings (SSSR count). The molecule has 1 aliphatic rings. The van der Waals surface area contributed by atoms with Gasteiger partial charge in [0.1, 0.15) is 0 Å². The largest absolute Gasteiger partial charge is 0.479 e. The van der Waals surface area contributed by atoms with Crippen molar-refractivity contribution in [1.29, 1.82) is 0 Å². The molecule has 5 nitrogen and oxygen atoms in total. The van der Waals surface area contributed by atoms with Crippen LogP contribution in [0.25, 0.3) is 0 Å². The number of hydrogen-bond donors (Lipinski definition) is 2. The number of carbonyl (C=O) groups is 2. The number of amides is 1. The first-order valence-corrected chi connectivity index (χ1v) is 5.90. The first-order chi connectivity index (χ1) is 8.55. The summed E-state index contributed by atoms with van der Waals surface area (Å²) in [6.07, 6.45) is 4.57. The fourth-order valence-electron chi connectivity index (χ4n) is 1.94. The van der Waals surface area contributed by atoms with Crippen LogP contribution in [-0.2, 0) is 14.3 Å². The topological polar surface area (TPSA) is 75.6 Å². The number of allylic oxidation sites excluding steroid dienone is 2. The van der Waals surface area contributed by atoms with Gasteiger partial charge < -0.3 is 15.2 Å². The molecule has 0 saturated carbocycles. The number of hydrogen-bond acceptors (Lipinski definition) is 3. The molecule has 0 radical (unpaired) electrons. The highest BCUT2D eigenvalue weighted by Gasteiger charge is 2.44. The van der Waals surface area contributed by atoms with Crippen LogP contribution >= 0.6 is 0 Å². The minimum atomic E-state index is -1.28. The lowest BCUT2D eigenvalue weighted by molar-refractivity contribution is -0.148. The number of aliphatic carboxylic acids is 1. The van der Waals surface area contributed by atoms with Crippen LogP contribution in [0.3, 0.4) is 0 Å². The summed E-state index contributed by atoms with van der Waals surface area (Å²) >= 11 is 0. The lowest BCUT2D eigenvalue weighted by Gasteiger charge is -2.26. The summed E-state index contributed by atoms with van der Waals surface area (Å²) in [7, 11) is 0. The van der Waals surface area contributed by atoms with Gasteiger partial charge in [0.25, 0.3) is 0 Å². The Morgan fingerprint density at radius 1 is 1.39 bits per heavy atom. The van der Waals surface area contributed by atoms with Crippen molar-refractivity contribution < 1.29 is 19.4 Å². The number of nitrogens with one attached hydrogen (secondary N) is 1. The molecule has 1 aliphatic heterocycles. The Morgan fingerprint density at radius 2 is 2.00 bits per heavy atom. The van der Waals surface area contributed by atoms with Gasteiger partial charge in [-0.25, -0.2) is 4.79 Å². The van der Waals surface area contributed by atoms with Crippen molar-refractivity contribution >= 4 is 11.9 Å². The van der Waals surface area contributed by atoms with Gasteiger partial charge in [0.2, 0.25) is 5.91 Å². The van der Waals surface area contributed by atoms with E-state index in [9.17, 15) is 14.7 Å². The van der Waals surface area contributed by atoms with E-state index in [4.69, 9.17) is 4.74 Å². The molecule has 0 aromatic rings. The summed E-state index contributed by atoms with van der Waals surface area (Å²) in [4.78, 5) is 23.3. The van der Waals surface area contributed by atoms with Crippen molar-refractivity contribution in [3.05, 3.63) is 25.3 Å². The number of rotatable bonds is 7. The van der Waals surface area contributed by atoms with Gasteiger partial charge in [-0.1, -0.05) is 12.2 Å². The Bertz CT molecular complexity index is 335. The number of carboxylic acids is 1. The van der Waals surface area contributed by atoms with Crippen LogP contribution in [0.5, 0.6) is 0 Å². The molecule has 18 heavy (non-hydrogen) atoms. The Hall–Kier alpha value is -1.62. The maximum Gasteiger partial charge on any atom is 0.331 e. The molecular formula is C13H19NO4. The second kappa shape index (κ2) is 6.35. The van der Waals surface area contributed by atoms with Crippen LogP contribution in [0.15, 0.2) is 25.3 Å². The summed E-state index contributed by atoms with van der Waals surface area (Å²) in [5, 5.41) is 11.8. The monoisotopic (exact) mass is 253 g/mol. The van der Waals surface area contributed by atoms with Crippen LogP contribution in [0, 0.1) is 5.92 Å². The average Bonchev–Trinajstić information content (AvgIpc) is 2.78. The van der Waals surface area contributed by atoms with Crippen molar-refractivity contribution in [2.24, 2.45) is 5.92 Å². The van der Waals surface area contributed by atoms with Crippen molar-refractivity contribution in [3.63, 3.8) is 0 Å². The molecule has 0 aromatic heterocycles. The van der Waals surface area contributed by atoms with E-state index in [1.54, 1.807) is 12.2 Å². The van der Waals surface area contributed by atoms with Gasteiger partial charge in [0.15, 0.2) is 5.54 Å². The molecule has 1 amide bonds. The van der Waals surface area contributed by atoms with Crippen LogP contribution in [0.2, 0.25) is 0 Å². The Balaban J connectivity index is 2.73. The number of carboxylic acid groups (broad SMARTS) is 1. The van der Waals surface area contributed by atoms with E-state index in [0.717, 1.165) is 0 Å². The smallest absolute Gasteiger partial charge is 0.331 e. The molecule has 5 heteroatoms. The molecule has 0 bridgehead atoms. The minimum absolute atomic E-state index is 0.0168. The van der Waals surface area contributed by atoms with E-state index in [-0.39, 0.29) is 18.4 Å². The highest BCUT2D eigenvalue weighted by Crippen LogP contribution is 2.21. The summed E-state index contributed by atoms with van der Waals surface area (Å²) in [6.45, 7) is 7.55. The molecule has 1 saturated heterocycles. The first-order valence-electron chi connectivity index (χ1n) is 5.90.